The zero-order valence-electron chi connectivity index (χ0n) is 23.2. The molecule has 8 heteroatoms. The molecule has 2 atom stereocenters. The summed E-state index contributed by atoms with van der Waals surface area (Å²) in [7, 11) is -3.00. The van der Waals surface area contributed by atoms with Crippen molar-refractivity contribution in [3.8, 4) is 40.2 Å². The lowest BCUT2D eigenvalue weighted by Gasteiger charge is -2.28. The molecule has 3 aromatic rings. The number of benzene rings is 3. The molecule has 210 valence electrons. The summed E-state index contributed by atoms with van der Waals surface area (Å²) in [5.74, 6) is 6.47. The molecule has 40 heavy (non-hydrogen) atoms. The van der Waals surface area contributed by atoms with E-state index in [1.165, 1.54) is 6.26 Å². The minimum atomic E-state index is -3.00. The van der Waals surface area contributed by atoms with Gasteiger partial charge in [0.15, 0.2) is 17.6 Å². The minimum absolute atomic E-state index is 0.0784. The van der Waals surface area contributed by atoms with Gasteiger partial charge in [0, 0.05) is 6.26 Å². The van der Waals surface area contributed by atoms with Crippen molar-refractivity contribution in [2.75, 3.05) is 25.2 Å². The Kier molecular flexibility index (Phi) is 9.06. The fourth-order valence-corrected chi connectivity index (χ4v) is 5.58. The van der Waals surface area contributed by atoms with Crippen LogP contribution in [0.2, 0.25) is 0 Å². The highest BCUT2D eigenvalue weighted by atomic mass is 32.2. The van der Waals surface area contributed by atoms with E-state index in [-0.39, 0.29) is 18.3 Å². The van der Waals surface area contributed by atoms with Crippen molar-refractivity contribution in [3.05, 3.63) is 76.9 Å². The molecule has 0 fully saturated rings. The first-order chi connectivity index (χ1) is 19.0. The predicted molar refractivity (Wildman–Crippen MR) is 155 cm³/mol. The van der Waals surface area contributed by atoms with Crippen LogP contribution in [-0.2, 0) is 14.6 Å². The Morgan fingerprint density at radius 2 is 1.85 bits per heavy atom. The van der Waals surface area contributed by atoms with Gasteiger partial charge in [0.1, 0.15) is 22.2 Å². The Morgan fingerprint density at radius 1 is 1.10 bits per heavy atom. The SMILES string of the molecule is CC#CC(CC(=O)O)c1ccc2c(c1)OCC(c1cccc(-c3c(C)cc(OCCCS(C)(=O)=O)cc3C)c1)O2. The van der Waals surface area contributed by atoms with Crippen molar-refractivity contribution in [2.24, 2.45) is 0 Å². The largest absolute Gasteiger partial charge is 0.494 e. The molecule has 1 heterocycles. The molecule has 0 saturated carbocycles. The summed E-state index contributed by atoms with van der Waals surface area (Å²) in [5.41, 5.74) is 6.03. The van der Waals surface area contributed by atoms with Crippen LogP contribution < -0.4 is 14.2 Å². The number of rotatable bonds is 10. The summed E-state index contributed by atoms with van der Waals surface area (Å²) in [6, 6.07) is 17.6. The number of carboxylic acids is 1. The number of ether oxygens (including phenoxy) is 3. The Labute approximate surface area is 236 Å². The molecule has 0 amide bonds. The monoisotopic (exact) mass is 562 g/mol. The van der Waals surface area contributed by atoms with Crippen molar-refractivity contribution in [1.82, 2.24) is 0 Å². The zero-order chi connectivity index (χ0) is 28.9. The maximum atomic E-state index is 11.4. The van der Waals surface area contributed by atoms with Gasteiger partial charge in [-0.05, 0) is 90.9 Å². The number of sulfone groups is 1. The fourth-order valence-electron chi connectivity index (χ4n) is 4.94. The van der Waals surface area contributed by atoms with Crippen LogP contribution in [0.4, 0.5) is 0 Å². The summed E-state index contributed by atoms with van der Waals surface area (Å²) in [6.07, 6.45) is 1.30. The number of aliphatic carboxylic acids is 1. The van der Waals surface area contributed by atoms with Gasteiger partial charge in [-0.1, -0.05) is 30.2 Å². The average Bonchev–Trinajstić information content (AvgIpc) is 2.89. The molecule has 0 saturated heterocycles. The molecular formula is C32H34O7S. The number of aryl methyl sites for hydroxylation is 2. The van der Waals surface area contributed by atoms with Gasteiger partial charge in [0.2, 0.25) is 0 Å². The molecule has 1 N–H and O–H groups in total. The molecule has 0 spiro atoms. The van der Waals surface area contributed by atoms with Gasteiger partial charge in [-0.3, -0.25) is 4.79 Å². The summed E-state index contributed by atoms with van der Waals surface area (Å²) >= 11 is 0. The van der Waals surface area contributed by atoms with Crippen LogP contribution in [0.1, 0.15) is 54.0 Å². The molecule has 1 aliphatic heterocycles. The first-order valence-corrected chi connectivity index (χ1v) is 15.2. The second-order valence-electron chi connectivity index (χ2n) is 10.1. The van der Waals surface area contributed by atoms with Crippen LogP contribution in [0, 0.1) is 25.7 Å². The van der Waals surface area contributed by atoms with Gasteiger partial charge in [-0.15, -0.1) is 5.92 Å². The molecule has 0 bridgehead atoms. The van der Waals surface area contributed by atoms with E-state index in [1.54, 1.807) is 6.92 Å². The van der Waals surface area contributed by atoms with E-state index in [2.05, 4.69) is 24.0 Å². The van der Waals surface area contributed by atoms with Crippen molar-refractivity contribution in [1.29, 1.82) is 0 Å². The third-order valence-corrected chi connectivity index (χ3v) is 7.74. The third-order valence-electron chi connectivity index (χ3n) is 6.71. The molecule has 7 nitrogen and oxygen atoms in total. The first-order valence-electron chi connectivity index (χ1n) is 13.1. The second-order valence-corrected chi connectivity index (χ2v) is 12.3. The van der Waals surface area contributed by atoms with Gasteiger partial charge in [0.05, 0.1) is 24.7 Å². The molecule has 4 rings (SSSR count). The van der Waals surface area contributed by atoms with Gasteiger partial charge in [-0.2, -0.15) is 0 Å². The van der Waals surface area contributed by atoms with E-state index >= 15 is 0 Å². The topological polar surface area (TPSA) is 99.1 Å². The van der Waals surface area contributed by atoms with Gasteiger partial charge in [0.25, 0.3) is 0 Å². The summed E-state index contributed by atoms with van der Waals surface area (Å²) in [5, 5.41) is 9.24. The average molecular weight is 563 g/mol. The van der Waals surface area contributed by atoms with Crippen molar-refractivity contribution < 1.29 is 32.5 Å². The highest BCUT2D eigenvalue weighted by Crippen LogP contribution is 2.40. The Balaban J connectivity index is 1.50. The van der Waals surface area contributed by atoms with E-state index in [0.29, 0.717) is 31.1 Å². The second kappa shape index (κ2) is 12.5. The van der Waals surface area contributed by atoms with E-state index < -0.39 is 21.7 Å². The lowest BCUT2D eigenvalue weighted by atomic mass is 9.93. The molecule has 0 aliphatic carbocycles. The summed E-state index contributed by atoms with van der Waals surface area (Å²) in [4.78, 5) is 11.3. The number of fused-ring (bicyclic) bond motifs is 1. The first kappa shape index (κ1) is 29.0. The smallest absolute Gasteiger partial charge is 0.304 e. The fraction of sp³-hybridized carbons (Fsp3) is 0.344. The highest BCUT2D eigenvalue weighted by Gasteiger charge is 2.25. The van der Waals surface area contributed by atoms with E-state index in [9.17, 15) is 18.3 Å². The number of carboxylic acid groups (broad SMARTS) is 1. The van der Waals surface area contributed by atoms with Crippen LogP contribution in [0.25, 0.3) is 11.1 Å². The lowest BCUT2D eigenvalue weighted by molar-refractivity contribution is -0.137. The molecule has 2 unspecified atom stereocenters. The van der Waals surface area contributed by atoms with Crippen LogP contribution >= 0.6 is 0 Å². The van der Waals surface area contributed by atoms with Crippen LogP contribution in [0.3, 0.4) is 0 Å². The minimum Gasteiger partial charge on any atom is -0.494 e. The maximum Gasteiger partial charge on any atom is 0.304 e. The van der Waals surface area contributed by atoms with Crippen molar-refractivity contribution >= 4 is 15.8 Å². The number of carbonyl (C=O) groups is 1. The standard InChI is InChI=1S/C32H34O7S/c1-5-8-23(19-31(33)34)24-11-12-28-29(18-24)38-20-30(39-28)25-9-6-10-26(17-25)32-21(2)15-27(16-22(32)3)37-13-7-14-40(4,35)36/h6,9-12,15-18,23,30H,7,13-14,19-20H2,1-4H3,(H,33,34). The van der Waals surface area contributed by atoms with Gasteiger partial charge >= 0.3 is 5.97 Å². The van der Waals surface area contributed by atoms with Gasteiger partial charge < -0.3 is 19.3 Å². The Bertz CT molecular complexity index is 1540. The molecule has 0 radical (unpaired) electrons. The Morgan fingerprint density at radius 3 is 2.52 bits per heavy atom. The predicted octanol–water partition coefficient (Wildman–Crippen LogP) is 5.88. The lowest BCUT2D eigenvalue weighted by Crippen LogP contribution is -2.22. The van der Waals surface area contributed by atoms with Gasteiger partial charge in [-0.25, -0.2) is 8.42 Å². The summed E-state index contributed by atoms with van der Waals surface area (Å²) < 4.78 is 40.9. The highest BCUT2D eigenvalue weighted by molar-refractivity contribution is 7.90. The maximum absolute atomic E-state index is 11.4. The third kappa shape index (κ3) is 7.36. The van der Waals surface area contributed by atoms with Crippen LogP contribution in [0.15, 0.2) is 54.6 Å². The van der Waals surface area contributed by atoms with E-state index in [4.69, 9.17) is 14.2 Å². The molecule has 1 aliphatic rings. The van der Waals surface area contributed by atoms with E-state index in [0.717, 1.165) is 39.1 Å². The van der Waals surface area contributed by atoms with E-state index in [1.807, 2.05) is 56.3 Å². The quantitative estimate of drug-likeness (QED) is 0.243. The molecular weight excluding hydrogens is 528 g/mol. The molecule has 0 aromatic heterocycles. The number of hydrogen-bond acceptors (Lipinski definition) is 6. The van der Waals surface area contributed by atoms with Crippen molar-refractivity contribution in [2.45, 2.75) is 45.6 Å². The number of hydrogen-bond donors (Lipinski definition) is 1. The Hall–Kier alpha value is -3.96. The molecule has 3 aromatic carbocycles. The van der Waals surface area contributed by atoms with Crippen molar-refractivity contribution in [3.63, 3.8) is 0 Å². The zero-order valence-corrected chi connectivity index (χ0v) is 24.0. The van der Waals surface area contributed by atoms with Crippen LogP contribution in [-0.4, -0.2) is 44.7 Å². The summed E-state index contributed by atoms with van der Waals surface area (Å²) in [6.45, 7) is 6.43. The van der Waals surface area contributed by atoms with Crippen LogP contribution in [0.5, 0.6) is 17.2 Å². The normalized spacial score (nSPS) is 15.1.